The Labute approximate surface area is 199 Å². The Bertz CT molecular complexity index is 2010. The van der Waals surface area contributed by atoms with Crippen molar-refractivity contribution in [3.63, 3.8) is 0 Å². The van der Waals surface area contributed by atoms with Crippen LogP contribution in [0.2, 0.25) is 0 Å². The first-order valence-electron chi connectivity index (χ1n) is 10.6. The number of phenolic OH excluding ortho intramolecular Hbond substituents is 2. The number of phenols is 2. The van der Waals surface area contributed by atoms with Crippen LogP contribution in [0, 0.1) is 0 Å². The highest BCUT2D eigenvalue weighted by Gasteiger charge is 2.20. The molecule has 3 heterocycles. The Morgan fingerprint density at radius 1 is 0.611 bits per heavy atom. The lowest BCUT2D eigenvalue weighted by Crippen LogP contribution is -2.04. The molecule has 0 radical (unpaired) electrons. The molecule has 0 unspecified atom stereocenters. The summed E-state index contributed by atoms with van der Waals surface area (Å²) in [5, 5.41) is 22.0. The van der Waals surface area contributed by atoms with Crippen molar-refractivity contribution < 1.29 is 28.2 Å². The predicted molar refractivity (Wildman–Crippen MR) is 130 cm³/mol. The van der Waals surface area contributed by atoms with Crippen LogP contribution in [-0.2, 0) is 0 Å². The number of aromatic hydroxyl groups is 2. The second kappa shape index (κ2) is 7.88. The van der Waals surface area contributed by atoms with Gasteiger partial charge in [0, 0.05) is 46.0 Å². The average molecular weight is 482 g/mol. The van der Waals surface area contributed by atoms with E-state index in [1.54, 1.807) is 30.3 Å². The van der Waals surface area contributed by atoms with E-state index in [1.807, 2.05) is 0 Å². The SMILES string of the molecule is O=c1ccc2cc(-c3c(Oc4cc5ccc(O)cc5oc4=O)ccc4ccc(=O)oc34)c(O)cc2o1. The number of ether oxygens (including phenoxy) is 1. The number of rotatable bonds is 3. The van der Waals surface area contributed by atoms with Gasteiger partial charge in [-0.1, -0.05) is 0 Å². The maximum atomic E-state index is 12.6. The van der Waals surface area contributed by atoms with E-state index in [4.69, 9.17) is 18.0 Å². The molecule has 0 spiro atoms. The summed E-state index contributed by atoms with van der Waals surface area (Å²) >= 11 is 0. The van der Waals surface area contributed by atoms with Gasteiger partial charge in [-0.15, -0.1) is 0 Å². The van der Waals surface area contributed by atoms with Crippen molar-refractivity contribution in [2.24, 2.45) is 0 Å². The highest BCUT2D eigenvalue weighted by atomic mass is 16.5. The van der Waals surface area contributed by atoms with Crippen LogP contribution in [0.5, 0.6) is 23.0 Å². The van der Waals surface area contributed by atoms with Gasteiger partial charge in [-0.25, -0.2) is 14.4 Å². The van der Waals surface area contributed by atoms with Crippen LogP contribution < -0.4 is 21.6 Å². The zero-order valence-electron chi connectivity index (χ0n) is 18.2. The van der Waals surface area contributed by atoms with Gasteiger partial charge in [0.15, 0.2) is 0 Å². The molecule has 0 aliphatic rings. The van der Waals surface area contributed by atoms with Gasteiger partial charge in [0.1, 0.15) is 34.0 Å². The molecular weight excluding hydrogens is 468 g/mol. The Morgan fingerprint density at radius 2 is 1.28 bits per heavy atom. The van der Waals surface area contributed by atoms with Crippen LogP contribution in [0.1, 0.15) is 0 Å². The molecular formula is C27H14O9. The number of hydrogen-bond acceptors (Lipinski definition) is 9. The van der Waals surface area contributed by atoms with E-state index in [9.17, 15) is 24.6 Å². The van der Waals surface area contributed by atoms with E-state index in [0.717, 1.165) is 0 Å². The summed E-state index contributed by atoms with van der Waals surface area (Å²) in [6, 6.07) is 17.4. The zero-order valence-corrected chi connectivity index (χ0v) is 18.2. The van der Waals surface area contributed by atoms with Crippen molar-refractivity contribution in [3.05, 3.63) is 104 Å². The molecule has 2 N–H and O–H groups in total. The third kappa shape index (κ3) is 3.55. The molecule has 0 fully saturated rings. The Balaban J connectivity index is 1.61. The lowest BCUT2D eigenvalue weighted by atomic mass is 9.99. The van der Waals surface area contributed by atoms with E-state index in [1.165, 1.54) is 42.5 Å². The summed E-state index contributed by atoms with van der Waals surface area (Å²) in [5.41, 5.74) is -1.16. The molecule has 0 saturated carbocycles. The van der Waals surface area contributed by atoms with Crippen LogP contribution in [0.25, 0.3) is 44.0 Å². The second-order valence-electron chi connectivity index (χ2n) is 8.00. The van der Waals surface area contributed by atoms with Gasteiger partial charge >= 0.3 is 16.9 Å². The quantitative estimate of drug-likeness (QED) is 0.338. The number of hydrogen-bond donors (Lipinski definition) is 2. The molecule has 0 aliphatic carbocycles. The fraction of sp³-hybridized carbons (Fsp3) is 0. The highest BCUT2D eigenvalue weighted by molar-refractivity contribution is 6.00. The molecule has 9 heteroatoms. The van der Waals surface area contributed by atoms with Crippen LogP contribution in [0.15, 0.2) is 100 Å². The molecule has 0 saturated heterocycles. The predicted octanol–water partition coefficient (Wildman–Crippen LogP) is 4.88. The maximum absolute atomic E-state index is 12.6. The van der Waals surface area contributed by atoms with Gasteiger partial charge in [0.05, 0.1) is 5.56 Å². The molecule has 176 valence electrons. The standard InChI is InChI=1S/C27H14O9/c28-16-5-1-15-10-22(27(32)35-20(15)11-16)33-19-6-2-13-3-7-24(31)36-26(13)25(19)17-9-14-4-8-23(30)34-21(14)12-18(17)29/h1-12,28-29H. The summed E-state index contributed by atoms with van der Waals surface area (Å²) < 4.78 is 21.9. The Hall–Kier alpha value is -5.31. The van der Waals surface area contributed by atoms with Gasteiger partial charge in [0.25, 0.3) is 0 Å². The van der Waals surface area contributed by atoms with Crippen molar-refractivity contribution in [1.29, 1.82) is 0 Å². The largest absolute Gasteiger partial charge is 0.508 e. The number of fused-ring (bicyclic) bond motifs is 3. The zero-order chi connectivity index (χ0) is 25.0. The molecule has 6 aromatic rings. The van der Waals surface area contributed by atoms with Gasteiger partial charge in [0.2, 0.25) is 5.75 Å². The summed E-state index contributed by atoms with van der Waals surface area (Å²) in [6.07, 6.45) is 0. The first kappa shape index (κ1) is 21.2. The third-order valence-electron chi connectivity index (χ3n) is 5.67. The molecule has 3 aromatic carbocycles. The van der Waals surface area contributed by atoms with Crippen molar-refractivity contribution in [1.82, 2.24) is 0 Å². The van der Waals surface area contributed by atoms with Crippen LogP contribution in [0.3, 0.4) is 0 Å². The minimum absolute atomic E-state index is 0.0613. The second-order valence-corrected chi connectivity index (χ2v) is 8.00. The molecule has 0 atom stereocenters. The van der Waals surface area contributed by atoms with Crippen LogP contribution in [0.4, 0.5) is 0 Å². The van der Waals surface area contributed by atoms with E-state index in [0.29, 0.717) is 16.2 Å². The van der Waals surface area contributed by atoms with Crippen molar-refractivity contribution in [3.8, 4) is 34.1 Å². The lowest BCUT2D eigenvalue weighted by molar-refractivity contribution is 0.435. The molecule has 0 amide bonds. The van der Waals surface area contributed by atoms with Crippen LogP contribution in [-0.4, -0.2) is 10.2 Å². The molecule has 6 rings (SSSR count). The molecule has 3 aromatic heterocycles. The van der Waals surface area contributed by atoms with E-state index in [-0.39, 0.29) is 50.9 Å². The topological polar surface area (TPSA) is 140 Å². The summed E-state index contributed by atoms with van der Waals surface area (Å²) in [4.78, 5) is 36.3. The first-order chi connectivity index (χ1) is 17.4. The minimum atomic E-state index is -0.807. The van der Waals surface area contributed by atoms with Gasteiger partial charge in [-0.2, -0.15) is 0 Å². The number of benzene rings is 3. The van der Waals surface area contributed by atoms with E-state index in [2.05, 4.69) is 0 Å². The molecule has 36 heavy (non-hydrogen) atoms. The van der Waals surface area contributed by atoms with Crippen molar-refractivity contribution >= 4 is 32.9 Å². The van der Waals surface area contributed by atoms with Crippen LogP contribution >= 0.6 is 0 Å². The van der Waals surface area contributed by atoms with Crippen molar-refractivity contribution in [2.45, 2.75) is 0 Å². The van der Waals surface area contributed by atoms with E-state index >= 15 is 0 Å². The highest BCUT2D eigenvalue weighted by Crippen LogP contribution is 2.43. The fourth-order valence-corrected chi connectivity index (χ4v) is 4.03. The average Bonchev–Trinajstić information content (AvgIpc) is 2.84. The van der Waals surface area contributed by atoms with Gasteiger partial charge in [-0.05, 0) is 48.5 Å². The molecule has 0 aliphatic heterocycles. The summed E-state index contributed by atoms with van der Waals surface area (Å²) in [5.74, 6) is -0.414. The van der Waals surface area contributed by atoms with E-state index < -0.39 is 16.9 Å². The first-order valence-corrected chi connectivity index (χ1v) is 10.6. The molecule has 9 nitrogen and oxygen atoms in total. The smallest absolute Gasteiger partial charge is 0.379 e. The Morgan fingerprint density at radius 3 is 2.11 bits per heavy atom. The monoisotopic (exact) mass is 482 g/mol. The third-order valence-corrected chi connectivity index (χ3v) is 5.67. The Kier molecular flexibility index (Phi) is 4.65. The fourth-order valence-electron chi connectivity index (χ4n) is 4.03. The van der Waals surface area contributed by atoms with Gasteiger partial charge in [-0.3, -0.25) is 0 Å². The molecule has 0 bridgehead atoms. The van der Waals surface area contributed by atoms with Gasteiger partial charge < -0.3 is 28.2 Å². The minimum Gasteiger partial charge on any atom is -0.508 e. The lowest BCUT2D eigenvalue weighted by Gasteiger charge is -2.14. The maximum Gasteiger partial charge on any atom is 0.379 e. The summed E-state index contributed by atoms with van der Waals surface area (Å²) in [7, 11) is 0. The normalized spacial score (nSPS) is 11.3. The summed E-state index contributed by atoms with van der Waals surface area (Å²) in [6.45, 7) is 0. The van der Waals surface area contributed by atoms with Crippen molar-refractivity contribution in [2.75, 3.05) is 0 Å².